The number of halogens is 5. The Hall–Kier alpha value is -3.30. The number of hydrogen-bond donors (Lipinski definition) is 0. The van der Waals surface area contributed by atoms with Crippen molar-refractivity contribution in [2.75, 3.05) is 6.61 Å². The molecule has 0 spiro atoms. The molecule has 0 aliphatic carbocycles. The number of benzene rings is 3. The predicted molar refractivity (Wildman–Crippen MR) is 124 cm³/mol. The molecule has 0 atom stereocenters. The lowest BCUT2D eigenvalue weighted by Crippen LogP contribution is -2.06. The second-order valence-corrected chi connectivity index (χ2v) is 7.84. The van der Waals surface area contributed by atoms with Crippen molar-refractivity contribution < 1.29 is 27.6 Å². The van der Waals surface area contributed by atoms with Crippen molar-refractivity contribution in [3.63, 3.8) is 0 Å². The van der Waals surface area contributed by atoms with Crippen molar-refractivity contribution >= 4 is 40.8 Å². The van der Waals surface area contributed by atoms with E-state index < -0.39 is 28.1 Å². The van der Waals surface area contributed by atoms with Crippen LogP contribution in [0.2, 0.25) is 10.0 Å². The maximum Gasteiger partial charge on any atom is 0.416 e. The molecule has 6 nitrogen and oxygen atoms in total. The van der Waals surface area contributed by atoms with E-state index in [0.29, 0.717) is 28.4 Å². The quantitative estimate of drug-likeness (QED) is 0.182. The molecule has 0 N–H and O–H groups in total. The van der Waals surface area contributed by atoms with Crippen LogP contribution >= 0.6 is 23.2 Å². The molecule has 0 unspecified atom stereocenters. The fourth-order valence-electron chi connectivity index (χ4n) is 2.92. The van der Waals surface area contributed by atoms with E-state index in [1.165, 1.54) is 12.3 Å². The molecule has 0 heterocycles. The molecule has 178 valence electrons. The van der Waals surface area contributed by atoms with Crippen molar-refractivity contribution in [2.45, 2.75) is 20.0 Å². The fraction of sp³-hybridized carbons (Fsp3) is 0.174. The molecule has 11 heteroatoms. The molecular formula is C23H17Cl2F3N2O4. The van der Waals surface area contributed by atoms with Gasteiger partial charge >= 0.3 is 11.9 Å². The second kappa shape index (κ2) is 10.3. The highest BCUT2D eigenvalue weighted by molar-refractivity contribution is 6.32. The summed E-state index contributed by atoms with van der Waals surface area (Å²) >= 11 is 12.4. The van der Waals surface area contributed by atoms with Gasteiger partial charge in [-0.25, -0.2) is 0 Å². The predicted octanol–water partition coefficient (Wildman–Crippen LogP) is 8.17. The highest BCUT2D eigenvalue weighted by atomic mass is 35.5. The zero-order chi connectivity index (χ0) is 25.0. The lowest BCUT2D eigenvalue weighted by atomic mass is 10.1. The standard InChI is InChI=1S/C23H17Cl2F3N2O4/c1-3-33-21-9-14(12-29-18-11-16(24)6-4-13(18)2)8-17(25)22(21)34-20-7-5-15(23(26,27)28)10-19(20)30(31)32/h4-12H,3H2,1-2H3. The number of ether oxygens (including phenoxy) is 2. The number of rotatable bonds is 7. The molecule has 34 heavy (non-hydrogen) atoms. The monoisotopic (exact) mass is 512 g/mol. The summed E-state index contributed by atoms with van der Waals surface area (Å²) in [5, 5.41) is 11.9. The molecule has 0 bridgehead atoms. The van der Waals surface area contributed by atoms with Gasteiger partial charge in [0.15, 0.2) is 11.5 Å². The largest absolute Gasteiger partial charge is 0.490 e. The number of nitrogens with zero attached hydrogens (tertiary/aromatic N) is 2. The van der Waals surface area contributed by atoms with Crippen LogP contribution in [0.25, 0.3) is 0 Å². The maximum atomic E-state index is 13.0. The van der Waals surface area contributed by atoms with Crippen LogP contribution in [0.3, 0.4) is 0 Å². The van der Waals surface area contributed by atoms with Crippen LogP contribution in [0.5, 0.6) is 17.2 Å². The van der Waals surface area contributed by atoms with Gasteiger partial charge in [0.05, 0.1) is 27.8 Å². The first-order valence-corrected chi connectivity index (χ1v) is 10.5. The lowest BCUT2D eigenvalue weighted by Gasteiger charge is -2.15. The van der Waals surface area contributed by atoms with Gasteiger partial charge in [0, 0.05) is 17.3 Å². The first-order valence-electron chi connectivity index (χ1n) is 9.79. The molecule has 3 rings (SSSR count). The van der Waals surface area contributed by atoms with Crippen molar-refractivity contribution in [1.82, 2.24) is 0 Å². The van der Waals surface area contributed by atoms with E-state index >= 15 is 0 Å². The number of aliphatic imine (C=N–C) groups is 1. The molecule has 3 aromatic carbocycles. The molecule has 3 aromatic rings. The van der Waals surface area contributed by atoms with Gasteiger partial charge in [-0.1, -0.05) is 29.3 Å². The number of hydrogen-bond acceptors (Lipinski definition) is 5. The normalized spacial score (nSPS) is 11.6. The van der Waals surface area contributed by atoms with Crippen LogP contribution in [0.15, 0.2) is 53.5 Å². The SMILES string of the molecule is CCOc1cc(C=Nc2cc(Cl)ccc2C)cc(Cl)c1Oc1ccc(C(F)(F)F)cc1[N+](=O)[O-]. The van der Waals surface area contributed by atoms with E-state index in [9.17, 15) is 23.3 Å². The lowest BCUT2D eigenvalue weighted by molar-refractivity contribution is -0.385. The third kappa shape index (κ3) is 5.98. The molecule has 0 saturated carbocycles. The average molecular weight is 513 g/mol. The zero-order valence-electron chi connectivity index (χ0n) is 17.8. The first kappa shape index (κ1) is 25.3. The molecule has 0 aromatic heterocycles. The third-order valence-electron chi connectivity index (χ3n) is 4.55. The number of aryl methyl sites for hydroxylation is 1. The van der Waals surface area contributed by atoms with Gasteiger partial charge < -0.3 is 9.47 Å². The Morgan fingerprint density at radius 1 is 1.09 bits per heavy atom. The minimum absolute atomic E-state index is 0.0180. The Morgan fingerprint density at radius 2 is 1.82 bits per heavy atom. The summed E-state index contributed by atoms with van der Waals surface area (Å²) in [5.41, 5.74) is 0.0247. The summed E-state index contributed by atoms with van der Waals surface area (Å²) in [6, 6.07) is 10.2. The van der Waals surface area contributed by atoms with E-state index in [0.717, 1.165) is 11.6 Å². The molecule has 0 aliphatic rings. The summed E-state index contributed by atoms with van der Waals surface area (Å²) in [6.45, 7) is 3.78. The van der Waals surface area contributed by atoms with Crippen LogP contribution in [-0.2, 0) is 6.18 Å². The van der Waals surface area contributed by atoms with Crippen LogP contribution in [0.1, 0.15) is 23.6 Å². The van der Waals surface area contributed by atoms with Gasteiger partial charge in [0.2, 0.25) is 5.75 Å². The van der Waals surface area contributed by atoms with Gasteiger partial charge in [0.1, 0.15) is 0 Å². The van der Waals surface area contributed by atoms with Crippen LogP contribution in [-0.4, -0.2) is 17.7 Å². The summed E-state index contributed by atoms with van der Waals surface area (Å²) in [7, 11) is 0. The zero-order valence-corrected chi connectivity index (χ0v) is 19.3. The average Bonchev–Trinajstić information content (AvgIpc) is 2.76. The Labute approximate surface area is 202 Å². The van der Waals surface area contributed by atoms with Crippen molar-refractivity contribution in [3.05, 3.63) is 85.4 Å². The Bertz CT molecular complexity index is 1260. The number of alkyl halides is 3. The molecule has 0 amide bonds. The maximum absolute atomic E-state index is 13.0. The number of nitro groups is 1. The van der Waals surface area contributed by atoms with Crippen LogP contribution in [0, 0.1) is 17.0 Å². The molecular weight excluding hydrogens is 496 g/mol. The van der Waals surface area contributed by atoms with Gasteiger partial charge in [-0.2, -0.15) is 13.2 Å². The summed E-state index contributed by atoms with van der Waals surface area (Å²) in [6.07, 6.45) is -3.23. The molecule has 0 aliphatic heterocycles. The van der Waals surface area contributed by atoms with E-state index in [-0.39, 0.29) is 23.1 Å². The Kier molecular flexibility index (Phi) is 7.68. The van der Waals surface area contributed by atoms with Crippen molar-refractivity contribution in [2.24, 2.45) is 4.99 Å². The Morgan fingerprint density at radius 3 is 2.47 bits per heavy atom. The van der Waals surface area contributed by atoms with Crippen LogP contribution < -0.4 is 9.47 Å². The van der Waals surface area contributed by atoms with E-state index in [4.69, 9.17) is 32.7 Å². The fourth-order valence-corrected chi connectivity index (χ4v) is 3.35. The smallest absolute Gasteiger partial charge is 0.416 e. The summed E-state index contributed by atoms with van der Waals surface area (Å²) in [4.78, 5) is 14.8. The Balaban J connectivity index is 2.00. The van der Waals surface area contributed by atoms with Crippen molar-refractivity contribution in [3.8, 4) is 17.2 Å². The topological polar surface area (TPSA) is 74.0 Å². The minimum Gasteiger partial charge on any atom is -0.490 e. The summed E-state index contributed by atoms with van der Waals surface area (Å²) < 4.78 is 50.1. The minimum atomic E-state index is -4.75. The van der Waals surface area contributed by atoms with E-state index in [1.807, 2.05) is 13.0 Å². The third-order valence-corrected chi connectivity index (χ3v) is 5.07. The van der Waals surface area contributed by atoms with Gasteiger partial charge in [-0.3, -0.25) is 15.1 Å². The highest BCUT2D eigenvalue weighted by Crippen LogP contribution is 2.43. The highest BCUT2D eigenvalue weighted by Gasteiger charge is 2.33. The summed E-state index contributed by atoms with van der Waals surface area (Å²) in [5.74, 6) is -0.368. The first-order chi connectivity index (χ1) is 16.0. The van der Waals surface area contributed by atoms with Gasteiger partial charge in [0.25, 0.3) is 0 Å². The van der Waals surface area contributed by atoms with Gasteiger partial charge in [-0.05, 0) is 61.4 Å². The molecule has 0 saturated heterocycles. The van der Waals surface area contributed by atoms with Crippen LogP contribution in [0.4, 0.5) is 24.5 Å². The van der Waals surface area contributed by atoms with E-state index in [2.05, 4.69) is 4.99 Å². The van der Waals surface area contributed by atoms with Crippen molar-refractivity contribution in [1.29, 1.82) is 0 Å². The molecule has 0 radical (unpaired) electrons. The van der Waals surface area contributed by atoms with E-state index in [1.54, 1.807) is 25.1 Å². The molecule has 0 fully saturated rings. The number of nitro benzene ring substituents is 1. The second-order valence-electron chi connectivity index (χ2n) is 6.99. The van der Waals surface area contributed by atoms with Gasteiger partial charge in [-0.15, -0.1) is 0 Å².